The predicted molar refractivity (Wildman–Crippen MR) is 103 cm³/mol. The maximum Gasteiger partial charge on any atom is 0.224 e. The van der Waals surface area contributed by atoms with Crippen molar-refractivity contribution in [3.05, 3.63) is 36.4 Å². The van der Waals surface area contributed by atoms with E-state index in [4.69, 9.17) is 16.3 Å². The molecule has 0 aliphatic carbocycles. The normalized spacial score (nSPS) is 10.3. The van der Waals surface area contributed by atoms with Gasteiger partial charge in [0.15, 0.2) is 0 Å². The molecule has 0 aliphatic heterocycles. The average molecular weight is 366 g/mol. The molecule has 0 radical (unpaired) electrons. The first-order chi connectivity index (χ1) is 12.0. The summed E-state index contributed by atoms with van der Waals surface area (Å²) in [6.45, 7) is 6.14. The largest absolute Gasteiger partial charge is 0.487 e. The lowest BCUT2D eigenvalue weighted by Gasteiger charge is -2.12. The fourth-order valence-corrected chi connectivity index (χ4v) is 2.50. The number of para-hydroxylation sites is 2. The lowest BCUT2D eigenvalue weighted by atomic mass is 10.1. The zero-order valence-electron chi connectivity index (χ0n) is 15.0. The number of benzene rings is 1. The minimum atomic E-state index is -0.260. The highest BCUT2D eigenvalue weighted by atomic mass is 35.5. The van der Waals surface area contributed by atoms with Crippen molar-refractivity contribution in [2.24, 2.45) is 0 Å². The molecule has 25 heavy (non-hydrogen) atoms. The number of nitrogens with one attached hydrogen (secondary N) is 1. The summed E-state index contributed by atoms with van der Waals surface area (Å²) in [5, 5.41) is 2.65. The van der Waals surface area contributed by atoms with E-state index >= 15 is 0 Å². The van der Waals surface area contributed by atoms with Crippen molar-refractivity contribution in [2.75, 3.05) is 11.9 Å². The molecule has 1 N–H and O–H groups in total. The maximum absolute atomic E-state index is 12.1. The van der Waals surface area contributed by atoms with Gasteiger partial charge in [-0.25, -0.2) is 0 Å². The molecule has 0 bridgehead atoms. The number of hydrogen-bond acceptors (Lipinski definition) is 3. The van der Waals surface area contributed by atoms with Crippen molar-refractivity contribution in [1.82, 2.24) is 0 Å². The molecule has 0 aromatic heterocycles. The third-order valence-electron chi connectivity index (χ3n) is 3.66. The quantitative estimate of drug-likeness (QED) is 0.286. The van der Waals surface area contributed by atoms with Gasteiger partial charge in [-0.2, -0.15) is 0 Å². The van der Waals surface area contributed by atoms with Crippen LogP contribution in [0.5, 0.6) is 5.75 Å². The third kappa shape index (κ3) is 10.6. The van der Waals surface area contributed by atoms with Crippen molar-refractivity contribution < 1.29 is 14.3 Å². The molecule has 1 amide bonds. The Morgan fingerprint density at radius 3 is 2.28 bits per heavy atom. The molecule has 0 heterocycles. The Labute approximate surface area is 155 Å². The van der Waals surface area contributed by atoms with Gasteiger partial charge in [-0.05, 0) is 49.1 Å². The number of rotatable bonds is 13. The van der Waals surface area contributed by atoms with Crippen LogP contribution >= 0.6 is 11.6 Å². The number of hydrogen-bond donors (Lipinski definition) is 1. The van der Waals surface area contributed by atoms with Crippen molar-refractivity contribution >= 4 is 28.4 Å². The predicted octanol–water partition coefficient (Wildman–Crippen LogP) is 5.47. The summed E-state index contributed by atoms with van der Waals surface area (Å²) in [7, 11) is 0. The van der Waals surface area contributed by atoms with E-state index in [1.54, 1.807) is 0 Å². The first-order valence-electron chi connectivity index (χ1n) is 8.83. The molecule has 0 spiro atoms. The highest BCUT2D eigenvalue weighted by Crippen LogP contribution is 2.24. The van der Waals surface area contributed by atoms with Crippen LogP contribution < -0.4 is 10.1 Å². The van der Waals surface area contributed by atoms with Crippen LogP contribution in [0.15, 0.2) is 36.4 Å². The van der Waals surface area contributed by atoms with Gasteiger partial charge in [0.2, 0.25) is 11.1 Å². The molecule has 0 unspecified atom stereocenters. The van der Waals surface area contributed by atoms with E-state index in [2.05, 4.69) is 11.9 Å². The topological polar surface area (TPSA) is 55.4 Å². The summed E-state index contributed by atoms with van der Waals surface area (Å²) >= 11 is 5.29. The molecule has 0 atom stereocenters. The summed E-state index contributed by atoms with van der Waals surface area (Å²) in [5.74, 6) is 0.659. The van der Waals surface area contributed by atoms with Gasteiger partial charge in [-0.15, -0.1) is 0 Å². The monoisotopic (exact) mass is 365 g/mol. The van der Waals surface area contributed by atoms with Gasteiger partial charge >= 0.3 is 0 Å². The van der Waals surface area contributed by atoms with Crippen molar-refractivity contribution in [2.45, 2.75) is 58.3 Å². The molecule has 0 saturated heterocycles. The van der Waals surface area contributed by atoms with E-state index in [9.17, 15) is 9.59 Å². The van der Waals surface area contributed by atoms with E-state index in [-0.39, 0.29) is 11.1 Å². The first kappa shape index (κ1) is 21.2. The average Bonchev–Trinajstić information content (AvgIpc) is 2.56. The minimum absolute atomic E-state index is 0.000822. The van der Waals surface area contributed by atoms with E-state index in [0.29, 0.717) is 30.9 Å². The Morgan fingerprint density at radius 2 is 1.64 bits per heavy atom. The Hall–Kier alpha value is -1.81. The van der Waals surface area contributed by atoms with Crippen LogP contribution in [0.25, 0.3) is 0 Å². The van der Waals surface area contributed by atoms with E-state index in [1.165, 1.54) is 0 Å². The van der Waals surface area contributed by atoms with Gasteiger partial charge in [0.25, 0.3) is 0 Å². The zero-order valence-corrected chi connectivity index (χ0v) is 15.7. The summed E-state index contributed by atoms with van der Waals surface area (Å²) in [6, 6.07) is 7.42. The van der Waals surface area contributed by atoms with Crippen LogP contribution in [0.3, 0.4) is 0 Å². The Kier molecular flexibility index (Phi) is 10.6. The Morgan fingerprint density at radius 1 is 1.04 bits per heavy atom. The number of amides is 1. The maximum atomic E-state index is 12.1. The fourth-order valence-electron chi connectivity index (χ4n) is 2.37. The number of halogens is 1. The molecular weight excluding hydrogens is 338 g/mol. The number of anilines is 1. The molecule has 0 fully saturated rings. The van der Waals surface area contributed by atoms with Crippen molar-refractivity contribution in [3.63, 3.8) is 0 Å². The minimum Gasteiger partial charge on any atom is -0.487 e. The van der Waals surface area contributed by atoms with Gasteiger partial charge in [0, 0.05) is 12.8 Å². The molecule has 138 valence electrons. The molecule has 1 aromatic carbocycles. The smallest absolute Gasteiger partial charge is 0.224 e. The highest BCUT2D eigenvalue weighted by Gasteiger charge is 2.07. The summed E-state index contributed by atoms with van der Waals surface area (Å²) in [5.41, 5.74) is 1.62. The van der Waals surface area contributed by atoms with Gasteiger partial charge in [-0.1, -0.05) is 44.4 Å². The van der Waals surface area contributed by atoms with Gasteiger partial charge in [0.1, 0.15) is 12.4 Å². The SMILES string of the molecule is C=C(C)COc1ccccc1NC(=O)CCCCCCCCC(=O)Cl. The van der Waals surface area contributed by atoms with Crippen LogP contribution in [0.4, 0.5) is 5.69 Å². The Bertz CT molecular complexity index is 572. The van der Waals surface area contributed by atoms with E-state index < -0.39 is 0 Å². The second-order valence-electron chi connectivity index (χ2n) is 6.27. The Balaban J connectivity index is 2.22. The van der Waals surface area contributed by atoms with Crippen LogP contribution in [-0.4, -0.2) is 17.8 Å². The lowest BCUT2D eigenvalue weighted by Crippen LogP contribution is -2.12. The number of carbonyl (C=O) groups excluding carboxylic acids is 2. The van der Waals surface area contributed by atoms with Crippen LogP contribution in [-0.2, 0) is 9.59 Å². The lowest BCUT2D eigenvalue weighted by molar-refractivity contribution is -0.116. The molecule has 5 heteroatoms. The first-order valence-corrected chi connectivity index (χ1v) is 9.21. The van der Waals surface area contributed by atoms with Gasteiger partial charge in [-0.3, -0.25) is 9.59 Å². The molecule has 4 nitrogen and oxygen atoms in total. The number of unbranched alkanes of at least 4 members (excludes halogenated alkanes) is 5. The molecule has 1 aromatic rings. The van der Waals surface area contributed by atoms with Gasteiger partial charge < -0.3 is 10.1 Å². The molecule has 0 saturated carbocycles. The summed E-state index contributed by atoms with van der Waals surface area (Å²) in [4.78, 5) is 22.7. The fraction of sp³-hybridized carbons (Fsp3) is 0.500. The number of carbonyl (C=O) groups is 2. The highest BCUT2D eigenvalue weighted by molar-refractivity contribution is 6.63. The zero-order chi connectivity index (χ0) is 18.5. The van der Waals surface area contributed by atoms with Crippen LogP contribution in [0.2, 0.25) is 0 Å². The molecule has 1 rings (SSSR count). The standard InChI is InChI=1S/C20H28ClNO3/c1-16(2)15-25-18-12-10-9-11-17(18)22-20(24)14-8-6-4-3-5-7-13-19(21)23/h9-12H,1,3-8,13-15H2,2H3,(H,22,24). The van der Waals surface area contributed by atoms with Crippen molar-refractivity contribution in [3.8, 4) is 5.75 Å². The second kappa shape index (κ2) is 12.5. The summed E-state index contributed by atoms with van der Waals surface area (Å²) < 4.78 is 5.65. The van der Waals surface area contributed by atoms with Crippen LogP contribution in [0.1, 0.15) is 58.3 Å². The summed E-state index contributed by atoms with van der Waals surface area (Å²) in [6.07, 6.45) is 6.82. The van der Waals surface area contributed by atoms with Crippen LogP contribution in [0, 0.1) is 0 Å². The second-order valence-corrected chi connectivity index (χ2v) is 6.69. The third-order valence-corrected chi connectivity index (χ3v) is 3.85. The molecule has 0 aliphatic rings. The van der Waals surface area contributed by atoms with E-state index in [0.717, 1.165) is 44.1 Å². The van der Waals surface area contributed by atoms with E-state index in [1.807, 2.05) is 31.2 Å². The van der Waals surface area contributed by atoms with Crippen molar-refractivity contribution in [1.29, 1.82) is 0 Å². The van der Waals surface area contributed by atoms with Gasteiger partial charge in [0.05, 0.1) is 5.69 Å². The molecular formula is C20H28ClNO3. The number of ether oxygens (including phenoxy) is 1.